The molecule has 1 N–H and O–H groups in total. The van der Waals surface area contributed by atoms with Gasteiger partial charge in [0.05, 0.1) is 0 Å². The lowest BCUT2D eigenvalue weighted by Crippen LogP contribution is -2.39. The Morgan fingerprint density at radius 2 is 1.93 bits per heavy atom. The van der Waals surface area contributed by atoms with E-state index >= 15 is 0 Å². The summed E-state index contributed by atoms with van der Waals surface area (Å²) >= 11 is 0. The molecule has 2 rings (SSSR count). The van der Waals surface area contributed by atoms with Gasteiger partial charge in [-0.15, -0.1) is 0 Å². The van der Waals surface area contributed by atoms with Crippen LogP contribution in [0.2, 0.25) is 0 Å². The van der Waals surface area contributed by atoms with Crippen molar-refractivity contribution in [3.8, 4) is 0 Å². The number of carbonyl (C=O) groups is 1. The summed E-state index contributed by atoms with van der Waals surface area (Å²) in [6.45, 7) is 2.77. The van der Waals surface area contributed by atoms with Crippen LogP contribution in [0.4, 0.5) is 0 Å². The van der Waals surface area contributed by atoms with Crippen LogP contribution in [0, 0.1) is 11.3 Å². The number of rotatable bonds is 2. The lowest BCUT2D eigenvalue weighted by Gasteiger charge is -2.46. The Hall–Kier alpha value is -0.530. The first kappa shape index (κ1) is 10.0. The highest BCUT2D eigenvalue weighted by molar-refractivity contribution is 5.78. The molecular weight excluding hydrogens is 174 g/mol. The summed E-state index contributed by atoms with van der Waals surface area (Å²) in [6, 6.07) is 0. The van der Waals surface area contributed by atoms with Gasteiger partial charge in [0.25, 0.3) is 0 Å². The standard InChI is InChI=1S/C12H21NO/c1-2-13-11(14)10-4-8-12(9-5-10)6-3-7-12/h10H,2-9H2,1H3,(H,13,14). The normalized spacial score (nSPS) is 25.8. The van der Waals surface area contributed by atoms with Crippen LogP contribution in [0.15, 0.2) is 0 Å². The van der Waals surface area contributed by atoms with Crippen LogP contribution in [0.1, 0.15) is 51.9 Å². The second-order valence-electron chi connectivity index (χ2n) is 5.02. The van der Waals surface area contributed by atoms with Crippen molar-refractivity contribution in [3.63, 3.8) is 0 Å². The molecule has 2 aliphatic rings. The summed E-state index contributed by atoms with van der Waals surface area (Å²) in [5, 5.41) is 2.94. The van der Waals surface area contributed by atoms with Crippen molar-refractivity contribution in [2.24, 2.45) is 11.3 Å². The molecule has 0 atom stereocenters. The first-order valence-corrected chi connectivity index (χ1v) is 6.03. The highest BCUT2D eigenvalue weighted by Gasteiger charge is 2.41. The van der Waals surface area contributed by atoms with Crippen molar-refractivity contribution in [3.05, 3.63) is 0 Å². The van der Waals surface area contributed by atoms with Gasteiger partial charge in [-0.3, -0.25) is 4.79 Å². The Bertz CT molecular complexity index is 210. The van der Waals surface area contributed by atoms with E-state index in [1.165, 1.54) is 32.1 Å². The van der Waals surface area contributed by atoms with Gasteiger partial charge in [-0.05, 0) is 50.9 Å². The first-order chi connectivity index (χ1) is 6.76. The van der Waals surface area contributed by atoms with Crippen molar-refractivity contribution < 1.29 is 4.79 Å². The van der Waals surface area contributed by atoms with Gasteiger partial charge < -0.3 is 5.32 Å². The molecule has 2 heteroatoms. The predicted octanol–water partition coefficient (Wildman–Crippen LogP) is 2.48. The maximum absolute atomic E-state index is 11.6. The van der Waals surface area contributed by atoms with Crippen molar-refractivity contribution >= 4 is 5.91 Å². The van der Waals surface area contributed by atoms with Crippen LogP contribution in [0.3, 0.4) is 0 Å². The van der Waals surface area contributed by atoms with Crippen LogP contribution >= 0.6 is 0 Å². The Kier molecular flexibility index (Phi) is 2.80. The number of hydrogen-bond acceptors (Lipinski definition) is 1. The number of hydrogen-bond donors (Lipinski definition) is 1. The minimum absolute atomic E-state index is 0.293. The molecule has 2 nitrogen and oxygen atoms in total. The molecule has 2 saturated carbocycles. The zero-order valence-corrected chi connectivity index (χ0v) is 9.14. The predicted molar refractivity (Wildman–Crippen MR) is 56.9 cm³/mol. The van der Waals surface area contributed by atoms with Gasteiger partial charge in [-0.25, -0.2) is 0 Å². The van der Waals surface area contributed by atoms with Gasteiger partial charge in [0.15, 0.2) is 0 Å². The van der Waals surface area contributed by atoms with E-state index in [-0.39, 0.29) is 0 Å². The van der Waals surface area contributed by atoms with E-state index in [0.717, 1.165) is 19.4 Å². The third kappa shape index (κ3) is 1.79. The smallest absolute Gasteiger partial charge is 0.223 e. The van der Waals surface area contributed by atoms with Gasteiger partial charge in [0.2, 0.25) is 5.91 Å². The lowest BCUT2D eigenvalue weighted by atomic mass is 9.59. The van der Waals surface area contributed by atoms with E-state index in [1.54, 1.807) is 0 Å². The Labute approximate surface area is 86.5 Å². The third-order valence-electron chi connectivity index (χ3n) is 4.18. The fraction of sp³-hybridized carbons (Fsp3) is 0.917. The Balaban J connectivity index is 1.80. The quantitative estimate of drug-likeness (QED) is 0.720. The summed E-state index contributed by atoms with van der Waals surface area (Å²) in [5.41, 5.74) is 0.684. The highest BCUT2D eigenvalue weighted by Crippen LogP contribution is 2.52. The molecule has 0 aromatic heterocycles. The van der Waals surface area contributed by atoms with Gasteiger partial charge >= 0.3 is 0 Å². The molecule has 0 bridgehead atoms. The fourth-order valence-corrected chi connectivity index (χ4v) is 2.99. The fourth-order valence-electron chi connectivity index (χ4n) is 2.99. The van der Waals surface area contributed by atoms with Crippen LogP contribution < -0.4 is 5.32 Å². The molecule has 0 unspecified atom stereocenters. The van der Waals surface area contributed by atoms with Crippen LogP contribution in [0.5, 0.6) is 0 Å². The second kappa shape index (κ2) is 3.92. The molecule has 0 aromatic carbocycles. The van der Waals surface area contributed by atoms with Crippen molar-refractivity contribution in [2.45, 2.75) is 51.9 Å². The van der Waals surface area contributed by atoms with Crippen LogP contribution in [-0.4, -0.2) is 12.5 Å². The van der Waals surface area contributed by atoms with Gasteiger partial charge in [-0.1, -0.05) is 6.42 Å². The molecule has 0 heterocycles. The molecule has 2 aliphatic carbocycles. The largest absolute Gasteiger partial charge is 0.356 e. The van der Waals surface area contributed by atoms with E-state index in [2.05, 4.69) is 5.32 Å². The summed E-state index contributed by atoms with van der Waals surface area (Å²) in [5.74, 6) is 0.614. The minimum Gasteiger partial charge on any atom is -0.356 e. The van der Waals surface area contributed by atoms with Crippen LogP contribution in [0.25, 0.3) is 0 Å². The molecular formula is C12H21NO. The zero-order chi connectivity index (χ0) is 10.0. The highest BCUT2D eigenvalue weighted by atomic mass is 16.1. The topological polar surface area (TPSA) is 29.1 Å². The van der Waals surface area contributed by atoms with Crippen molar-refractivity contribution in [1.29, 1.82) is 0 Å². The molecule has 80 valence electrons. The van der Waals surface area contributed by atoms with Crippen molar-refractivity contribution in [2.75, 3.05) is 6.54 Å². The minimum atomic E-state index is 0.293. The summed E-state index contributed by atoms with van der Waals surface area (Å²) < 4.78 is 0. The van der Waals surface area contributed by atoms with E-state index < -0.39 is 0 Å². The Morgan fingerprint density at radius 3 is 2.36 bits per heavy atom. The molecule has 14 heavy (non-hydrogen) atoms. The molecule has 0 aromatic rings. The molecule has 0 radical (unpaired) electrons. The van der Waals surface area contributed by atoms with E-state index in [9.17, 15) is 4.79 Å². The van der Waals surface area contributed by atoms with Gasteiger partial charge in [0, 0.05) is 12.5 Å². The van der Waals surface area contributed by atoms with Crippen LogP contribution in [-0.2, 0) is 4.79 Å². The maximum Gasteiger partial charge on any atom is 0.223 e. The second-order valence-corrected chi connectivity index (χ2v) is 5.02. The zero-order valence-electron chi connectivity index (χ0n) is 9.14. The Morgan fingerprint density at radius 1 is 1.29 bits per heavy atom. The molecule has 2 fully saturated rings. The van der Waals surface area contributed by atoms with E-state index in [0.29, 0.717) is 17.2 Å². The third-order valence-corrected chi connectivity index (χ3v) is 4.18. The summed E-state index contributed by atoms with van der Waals surface area (Å²) in [6.07, 6.45) is 9.14. The van der Waals surface area contributed by atoms with Gasteiger partial charge in [0.1, 0.15) is 0 Å². The monoisotopic (exact) mass is 195 g/mol. The number of amides is 1. The maximum atomic E-state index is 11.6. The van der Waals surface area contributed by atoms with E-state index in [1.807, 2.05) is 6.92 Å². The summed E-state index contributed by atoms with van der Waals surface area (Å²) in [7, 11) is 0. The molecule has 0 aliphatic heterocycles. The first-order valence-electron chi connectivity index (χ1n) is 6.03. The molecule has 1 spiro atoms. The van der Waals surface area contributed by atoms with Gasteiger partial charge in [-0.2, -0.15) is 0 Å². The summed E-state index contributed by atoms with van der Waals surface area (Å²) in [4.78, 5) is 11.6. The van der Waals surface area contributed by atoms with E-state index in [4.69, 9.17) is 0 Å². The number of carbonyl (C=O) groups excluding carboxylic acids is 1. The molecule has 0 saturated heterocycles. The van der Waals surface area contributed by atoms with Crippen molar-refractivity contribution in [1.82, 2.24) is 5.32 Å². The lowest BCUT2D eigenvalue weighted by molar-refractivity contribution is -0.127. The average Bonchev–Trinajstić information content (AvgIpc) is 2.16. The SMILES string of the molecule is CCNC(=O)C1CCC2(CCC2)CC1. The molecule has 1 amide bonds. The number of nitrogens with one attached hydrogen (secondary N) is 1. The average molecular weight is 195 g/mol.